The molecule has 3 nitrogen and oxygen atoms in total. The van der Waals surface area contributed by atoms with Crippen LogP contribution < -0.4 is 10.5 Å². The monoisotopic (exact) mass is 280 g/mol. The molecule has 0 aliphatic heterocycles. The van der Waals surface area contributed by atoms with Gasteiger partial charge in [-0.1, -0.05) is 22.9 Å². The van der Waals surface area contributed by atoms with E-state index in [0.717, 1.165) is 16.1 Å². The Kier molecular flexibility index (Phi) is 2.92. The molecule has 1 aromatic carbocycles. The summed E-state index contributed by atoms with van der Waals surface area (Å²) in [5.41, 5.74) is 8.02. The van der Waals surface area contributed by atoms with Crippen LogP contribution in [0.1, 0.15) is 24.5 Å². The number of aromatic nitrogens is 1. The molecule has 0 saturated heterocycles. The maximum atomic E-state index is 6.16. The van der Waals surface area contributed by atoms with Gasteiger partial charge in [-0.25, -0.2) is 4.98 Å². The lowest BCUT2D eigenvalue weighted by Gasteiger charge is -2.05. The lowest BCUT2D eigenvalue weighted by Crippen LogP contribution is -1.87. The largest absolute Gasteiger partial charge is 0.495 e. The van der Waals surface area contributed by atoms with Crippen molar-refractivity contribution in [2.24, 2.45) is 0 Å². The van der Waals surface area contributed by atoms with Gasteiger partial charge in [0.15, 0.2) is 5.13 Å². The summed E-state index contributed by atoms with van der Waals surface area (Å²) in [6.07, 6.45) is 2.42. The second kappa shape index (κ2) is 4.44. The van der Waals surface area contributed by atoms with Gasteiger partial charge in [-0.05, 0) is 36.6 Å². The fourth-order valence-electron chi connectivity index (χ4n) is 2.00. The second-order valence-electron chi connectivity index (χ2n) is 4.39. The molecule has 1 aromatic heterocycles. The first kappa shape index (κ1) is 11.8. The Hall–Kier alpha value is -1.26. The third-order valence-electron chi connectivity index (χ3n) is 3.05. The molecule has 0 unspecified atom stereocenters. The minimum atomic E-state index is 0.578. The highest BCUT2D eigenvalue weighted by atomic mass is 35.5. The first-order valence-corrected chi connectivity index (χ1v) is 6.98. The van der Waals surface area contributed by atoms with Gasteiger partial charge in [0.1, 0.15) is 5.75 Å². The summed E-state index contributed by atoms with van der Waals surface area (Å²) >= 11 is 7.69. The number of nitrogens with zero attached hydrogens (tertiary/aromatic N) is 1. The first-order valence-electron chi connectivity index (χ1n) is 5.79. The highest BCUT2D eigenvalue weighted by Crippen LogP contribution is 2.47. The van der Waals surface area contributed by atoms with Gasteiger partial charge in [0.05, 0.1) is 22.7 Å². The number of methoxy groups -OCH3 is 1. The van der Waals surface area contributed by atoms with Crippen LogP contribution in [0.3, 0.4) is 0 Å². The van der Waals surface area contributed by atoms with Crippen molar-refractivity contribution in [1.29, 1.82) is 0 Å². The summed E-state index contributed by atoms with van der Waals surface area (Å²) in [6.45, 7) is 0. The van der Waals surface area contributed by atoms with Gasteiger partial charge in [-0.2, -0.15) is 0 Å². The Balaban J connectivity index is 2.06. The fraction of sp³-hybridized carbons (Fsp3) is 0.308. The summed E-state index contributed by atoms with van der Waals surface area (Å²) in [6, 6.07) is 5.80. The van der Waals surface area contributed by atoms with Gasteiger partial charge < -0.3 is 10.5 Å². The zero-order valence-corrected chi connectivity index (χ0v) is 11.5. The zero-order chi connectivity index (χ0) is 12.7. The molecule has 3 rings (SSSR count). The van der Waals surface area contributed by atoms with E-state index < -0.39 is 0 Å². The van der Waals surface area contributed by atoms with Gasteiger partial charge >= 0.3 is 0 Å². The molecule has 94 valence electrons. The van der Waals surface area contributed by atoms with Crippen molar-refractivity contribution in [2.45, 2.75) is 18.8 Å². The van der Waals surface area contributed by atoms with Crippen LogP contribution >= 0.6 is 22.9 Å². The standard InChI is InChI=1S/C13H13ClN2OS/c1-17-10-5-4-8(6-9(10)14)12-11(7-2-3-7)16-13(15)18-12/h4-7H,2-3H2,1H3,(H2,15,16). The molecule has 1 fully saturated rings. The normalized spacial score (nSPS) is 14.8. The number of nitrogen functional groups attached to an aromatic ring is 1. The molecule has 0 spiro atoms. The molecule has 1 aliphatic carbocycles. The molecule has 2 N–H and O–H groups in total. The van der Waals surface area contributed by atoms with Crippen LogP contribution in [-0.2, 0) is 0 Å². The Morgan fingerprint density at radius 1 is 1.44 bits per heavy atom. The highest BCUT2D eigenvalue weighted by Gasteiger charge is 2.30. The lowest BCUT2D eigenvalue weighted by molar-refractivity contribution is 0.415. The van der Waals surface area contributed by atoms with Crippen LogP contribution in [0.15, 0.2) is 18.2 Å². The molecule has 18 heavy (non-hydrogen) atoms. The van der Waals surface area contributed by atoms with E-state index in [1.807, 2.05) is 18.2 Å². The summed E-state index contributed by atoms with van der Waals surface area (Å²) in [5.74, 6) is 1.26. The number of thiazole rings is 1. The average Bonchev–Trinajstić information content (AvgIpc) is 3.12. The molecular weight excluding hydrogens is 268 g/mol. The molecule has 0 amide bonds. The van der Waals surface area contributed by atoms with Gasteiger partial charge in [0.25, 0.3) is 0 Å². The van der Waals surface area contributed by atoms with Gasteiger partial charge in [-0.15, -0.1) is 0 Å². The number of benzene rings is 1. The van der Waals surface area contributed by atoms with Gasteiger partial charge in [0.2, 0.25) is 0 Å². The molecule has 0 bridgehead atoms. The van der Waals surface area contributed by atoms with Crippen molar-refractivity contribution in [1.82, 2.24) is 4.98 Å². The Morgan fingerprint density at radius 3 is 2.83 bits per heavy atom. The van der Waals surface area contributed by atoms with E-state index >= 15 is 0 Å². The number of hydrogen-bond acceptors (Lipinski definition) is 4. The van der Waals surface area contributed by atoms with Crippen molar-refractivity contribution < 1.29 is 4.74 Å². The molecule has 0 radical (unpaired) electrons. The zero-order valence-electron chi connectivity index (χ0n) is 9.94. The van der Waals surface area contributed by atoms with E-state index in [4.69, 9.17) is 22.1 Å². The quantitative estimate of drug-likeness (QED) is 0.927. The van der Waals surface area contributed by atoms with Crippen molar-refractivity contribution in [2.75, 3.05) is 12.8 Å². The first-order chi connectivity index (χ1) is 8.69. The van der Waals surface area contributed by atoms with Crippen LogP contribution in [0.25, 0.3) is 10.4 Å². The molecule has 5 heteroatoms. The predicted octanol–water partition coefficient (Wildman–Crippen LogP) is 3.93. The second-order valence-corrected chi connectivity index (χ2v) is 5.83. The van der Waals surface area contributed by atoms with Gasteiger partial charge in [-0.3, -0.25) is 0 Å². The Bertz CT molecular complexity index is 593. The maximum absolute atomic E-state index is 6.16. The minimum Gasteiger partial charge on any atom is -0.495 e. The van der Waals surface area contributed by atoms with E-state index in [1.54, 1.807) is 7.11 Å². The third kappa shape index (κ3) is 2.06. The molecule has 1 aliphatic rings. The molecule has 2 aromatic rings. The minimum absolute atomic E-state index is 0.578. The fourth-order valence-corrected chi connectivity index (χ4v) is 3.17. The van der Waals surface area contributed by atoms with E-state index in [1.165, 1.54) is 24.2 Å². The topological polar surface area (TPSA) is 48.1 Å². The smallest absolute Gasteiger partial charge is 0.180 e. The number of halogens is 1. The van der Waals surface area contributed by atoms with Crippen molar-refractivity contribution in [3.8, 4) is 16.2 Å². The predicted molar refractivity (Wildman–Crippen MR) is 75.5 cm³/mol. The molecule has 0 atom stereocenters. The maximum Gasteiger partial charge on any atom is 0.180 e. The van der Waals surface area contributed by atoms with Crippen LogP contribution in [0.4, 0.5) is 5.13 Å². The molecule has 1 heterocycles. The van der Waals surface area contributed by atoms with Crippen molar-refractivity contribution >= 4 is 28.1 Å². The highest BCUT2D eigenvalue weighted by molar-refractivity contribution is 7.18. The summed E-state index contributed by atoms with van der Waals surface area (Å²) in [7, 11) is 1.61. The SMILES string of the molecule is COc1ccc(-c2sc(N)nc2C2CC2)cc1Cl. The van der Waals surface area contributed by atoms with Crippen molar-refractivity contribution in [3.63, 3.8) is 0 Å². The average molecular weight is 281 g/mol. The van der Waals surface area contributed by atoms with Crippen molar-refractivity contribution in [3.05, 3.63) is 28.9 Å². The summed E-state index contributed by atoms with van der Waals surface area (Å²) < 4.78 is 5.16. The molecule has 1 saturated carbocycles. The Labute approximate surface area is 115 Å². The van der Waals surface area contributed by atoms with E-state index in [2.05, 4.69) is 4.98 Å². The van der Waals surface area contributed by atoms with Gasteiger partial charge in [0, 0.05) is 5.92 Å². The van der Waals surface area contributed by atoms with E-state index in [-0.39, 0.29) is 0 Å². The van der Waals surface area contributed by atoms with Crippen LogP contribution in [0, 0.1) is 0 Å². The third-order valence-corrected chi connectivity index (χ3v) is 4.29. The van der Waals surface area contributed by atoms with Crippen LogP contribution in [-0.4, -0.2) is 12.1 Å². The Morgan fingerprint density at radius 2 is 2.22 bits per heavy atom. The number of rotatable bonds is 3. The lowest BCUT2D eigenvalue weighted by atomic mass is 10.1. The molecular formula is C13H13ClN2OS. The van der Waals surface area contributed by atoms with Crippen LogP contribution in [0.2, 0.25) is 5.02 Å². The summed E-state index contributed by atoms with van der Waals surface area (Å²) in [5, 5.41) is 1.24. The number of hydrogen-bond donors (Lipinski definition) is 1. The number of anilines is 1. The number of ether oxygens (including phenoxy) is 1. The van der Waals surface area contributed by atoms with E-state index in [0.29, 0.717) is 21.8 Å². The number of nitrogens with two attached hydrogens (primary N) is 1. The summed E-state index contributed by atoms with van der Waals surface area (Å²) in [4.78, 5) is 5.58. The van der Waals surface area contributed by atoms with E-state index in [9.17, 15) is 0 Å². The van der Waals surface area contributed by atoms with Crippen LogP contribution in [0.5, 0.6) is 5.75 Å².